The van der Waals surface area contributed by atoms with Gasteiger partial charge in [-0.3, -0.25) is 4.79 Å². The fourth-order valence-corrected chi connectivity index (χ4v) is 4.28. The molecule has 2 aliphatic rings. The quantitative estimate of drug-likeness (QED) is 0.841. The van der Waals surface area contributed by atoms with Gasteiger partial charge in [0.05, 0.1) is 18.8 Å². The Bertz CT molecular complexity index is 692. The molecule has 0 unspecified atom stereocenters. The van der Waals surface area contributed by atoms with E-state index in [4.69, 9.17) is 4.74 Å². The molecule has 1 amide bonds. The van der Waals surface area contributed by atoms with Crippen molar-refractivity contribution in [3.05, 3.63) is 46.8 Å². The van der Waals surface area contributed by atoms with Crippen LogP contribution in [0.4, 0.5) is 5.82 Å². The normalized spacial score (nSPS) is 24.3. The molecular weight excluding hydrogens is 322 g/mol. The summed E-state index contributed by atoms with van der Waals surface area (Å²) in [5.41, 5.74) is 0.788. The van der Waals surface area contributed by atoms with Crippen molar-refractivity contribution in [1.29, 1.82) is 0 Å². The minimum Gasteiger partial charge on any atom is -0.379 e. The Balaban J connectivity index is 1.51. The van der Waals surface area contributed by atoms with E-state index in [0.29, 0.717) is 19.8 Å². The minimum atomic E-state index is -0.000295. The Kier molecular flexibility index (Phi) is 4.24. The molecular formula is C18H21N3O2S. The number of amides is 1. The molecule has 2 aromatic rings. The number of rotatable bonds is 2. The zero-order chi connectivity index (χ0) is 16.4. The summed E-state index contributed by atoms with van der Waals surface area (Å²) in [5, 5.41) is 3.88. The first kappa shape index (κ1) is 15.6. The Morgan fingerprint density at radius 3 is 3.00 bits per heavy atom. The van der Waals surface area contributed by atoms with E-state index < -0.39 is 0 Å². The molecule has 2 fully saturated rings. The van der Waals surface area contributed by atoms with Crippen LogP contribution >= 0.6 is 11.3 Å². The second-order valence-electron chi connectivity index (χ2n) is 6.65. The lowest BCUT2D eigenvalue weighted by atomic mass is 9.87. The maximum Gasteiger partial charge on any atom is 0.254 e. The molecule has 4 heterocycles. The van der Waals surface area contributed by atoms with Gasteiger partial charge in [-0.15, -0.1) is 0 Å². The third-order valence-electron chi connectivity index (χ3n) is 4.91. The van der Waals surface area contributed by atoms with Gasteiger partial charge in [-0.25, -0.2) is 4.98 Å². The number of carbonyl (C=O) groups excluding carboxylic acids is 1. The molecule has 2 aliphatic heterocycles. The lowest BCUT2D eigenvalue weighted by molar-refractivity contribution is 0.0691. The highest BCUT2D eigenvalue weighted by atomic mass is 32.1. The zero-order valence-corrected chi connectivity index (χ0v) is 14.4. The van der Waals surface area contributed by atoms with Crippen molar-refractivity contribution in [3.63, 3.8) is 0 Å². The summed E-state index contributed by atoms with van der Waals surface area (Å²) in [6.45, 7) is 4.59. The van der Waals surface area contributed by atoms with Crippen molar-refractivity contribution in [3.8, 4) is 0 Å². The number of hydrogen-bond donors (Lipinski definition) is 0. The van der Waals surface area contributed by atoms with Gasteiger partial charge in [0.15, 0.2) is 0 Å². The van der Waals surface area contributed by atoms with E-state index in [1.165, 1.54) is 0 Å². The van der Waals surface area contributed by atoms with Gasteiger partial charge in [-0.1, -0.05) is 6.07 Å². The van der Waals surface area contributed by atoms with Crippen LogP contribution in [0.5, 0.6) is 0 Å². The third-order valence-corrected chi connectivity index (χ3v) is 5.59. The Morgan fingerprint density at radius 1 is 1.25 bits per heavy atom. The standard InChI is InChI=1S/C18H21N3O2S/c22-17(15-4-10-24-11-15)21-8-9-23-14-18(13-21)5-7-20(12-18)16-3-1-2-6-19-16/h1-4,6,10-11H,5,7-9,12-14H2/t18-/m0/s1. The molecule has 4 rings (SSSR count). The molecule has 24 heavy (non-hydrogen) atoms. The van der Waals surface area contributed by atoms with Gasteiger partial charge in [0.2, 0.25) is 0 Å². The molecule has 0 aromatic carbocycles. The van der Waals surface area contributed by atoms with E-state index in [9.17, 15) is 4.79 Å². The molecule has 6 heteroatoms. The Hall–Kier alpha value is -1.92. The molecule has 126 valence electrons. The lowest BCUT2D eigenvalue weighted by Gasteiger charge is -2.32. The van der Waals surface area contributed by atoms with E-state index in [1.54, 1.807) is 11.3 Å². The summed E-state index contributed by atoms with van der Waals surface area (Å²) in [6.07, 6.45) is 2.85. The summed E-state index contributed by atoms with van der Waals surface area (Å²) >= 11 is 1.56. The summed E-state index contributed by atoms with van der Waals surface area (Å²) in [6, 6.07) is 7.90. The van der Waals surface area contributed by atoms with Crippen molar-refractivity contribution in [2.75, 3.05) is 44.3 Å². The van der Waals surface area contributed by atoms with Crippen LogP contribution in [0.15, 0.2) is 41.2 Å². The van der Waals surface area contributed by atoms with Crippen LogP contribution in [-0.2, 0) is 4.74 Å². The van der Waals surface area contributed by atoms with E-state index in [0.717, 1.165) is 37.4 Å². The predicted molar refractivity (Wildman–Crippen MR) is 94.5 cm³/mol. The highest BCUT2D eigenvalue weighted by molar-refractivity contribution is 7.08. The van der Waals surface area contributed by atoms with Crippen molar-refractivity contribution >= 4 is 23.1 Å². The van der Waals surface area contributed by atoms with Crippen molar-refractivity contribution in [2.24, 2.45) is 5.41 Å². The van der Waals surface area contributed by atoms with Gasteiger partial charge >= 0.3 is 0 Å². The average Bonchev–Trinajstić information content (AvgIpc) is 3.24. The number of anilines is 1. The second-order valence-corrected chi connectivity index (χ2v) is 7.43. The molecule has 2 aromatic heterocycles. The van der Waals surface area contributed by atoms with Crippen molar-refractivity contribution < 1.29 is 9.53 Å². The SMILES string of the molecule is O=C(c1ccsc1)N1CCOC[C@]2(CCN(c3ccccn3)C2)C1. The number of ether oxygens (including phenoxy) is 1. The number of hydrogen-bond acceptors (Lipinski definition) is 5. The van der Waals surface area contributed by atoms with Crippen LogP contribution in [0.3, 0.4) is 0 Å². The average molecular weight is 343 g/mol. The molecule has 0 radical (unpaired) electrons. The molecule has 0 N–H and O–H groups in total. The van der Waals surface area contributed by atoms with E-state index >= 15 is 0 Å². The van der Waals surface area contributed by atoms with Gasteiger partial charge in [0.25, 0.3) is 5.91 Å². The monoisotopic (exact) mass is 343 g/mol. The van der Waals surface area contributed by atoms with Gasteiger partial charge in [-0.2, -0.15) is 11.3 Å². The highest BCUT2D eigenvalue weighted by Crippen LogP contribution is 2.35. The topological polar surface area (TPSA) is 45.7 Å². The number of pyridine rings is 1. The number of carbonyl (C=O) groups is 1. The molecule has 1 atom stereocenters. The summed E-state index contributed by atoms with van der Waals surface area (Å²) in [4.78, 5) is 21.5. The first-order chi connectivity index (χ1) is 11.8. The zero-order valence-electron chi connectivity index (χ0n) is 13.6. The number of nitrogens with zero attached hydrogens (tertiary/aromatic N) is 3. The summed E-state index contributed by atoms with van der Waals surface area (Å²) in [5.74, 6) is 1.13. The molecule has 0 aliphatic carbocycles. The maximum absolute atomic E-state index is 12.8. The summed E-state index contributed by atoms with van der Waals surface area (Å²) < 4.78 is 5.88. The lowest BCUT2D eigenvalue weighted by Crippen LogP contribution is -2.43. The fraction of sp³-hybridized carbons (Fsp3) is 0.444. The first-order valence-electron chi connectivity index (χ1n) is 8.31. The second kappa shape index (κ2) is 6.53. The number of thiophene rings is 1. The smallest absolute Gasteiger partial charge is 0.254 e. The van der Waals surface area contributed by atoms with Crippen LogP contribution in [0.25, 0.3) is 0 Å². The van der Waals surface area contributed by atoms with E-state index in [2.05, 4.69) is 9.88 Å². The van der Waals surface area contributed by atoms with Crippen LogP contribution < -0.4 is 4.90 Å². The van der Waals surface area contributed by atoms with Crippen molar-refractivity contribution in [2.45, 2.75) is 6.42 Å². The Morgan fingerprint density at radius 2 is 2.21 bits per heavy atom. The van der Waals surface area contributed by atoms with Crippen LogP contribution in [0.1, 0.15) is 16.8 Å². The van der Waals surface area contributed by atoms with E-state index in [-0.39, 0.29) is 11.3 Å². The van der Waals surface area contributed by atoms with Gasteiger partial charge in [0.1, 0.15) is 5.82 Å². The van der Waals surface area contributed by atoms with Gasteiger partial charge < -0.3 is 14.5 Å². The molecule has 5 nitrogen and oxygen atoms in total. The van der Waals surface area contributed by atoms with Crippen molar-refractivity contribution in [1.82, 2.24) is 9.88 Å². The molecule has 0 saturated carbocycles. The van der Waals surface area contributed by atoms with E-state index in [1.807, 2.05) is 46.1 Å². The molecule has 2 saturated heterocycles. The van der Waals surface area contributed by atoms with Crippen LogP contribution in [0, 0.1) is 5.41 Å². The predicted octanol–water partition coefficient (Wildman–Crippen LogP) is 2.51. The maximum atomic E-state index is 12.8. The molecule has 1 spiro atoms. The van der Waals surface area contributed by atoms with Gasteiger partial charge in [-0.05, 0) is 30.0 Å². The Labute approximate surface area is 145 Å². The van der Waals surface area contributed by atoms with Gasteiger partial charge in [0, 0.05) is 43.2 Å². The van der Waals surface area contributed by atoms with Crippen LogP contribution in [-0.4, -0.2) is 55.2 Å². The highest BCUT2D eigenvalue weighted by Gasteiger charge is 2.42. The summed E-state index contributed by atoms with van der Waals surface area (Å²) in [7, 11) is 0. The number of aromatic nitrogens is 1. The fourth-order valence-electron chi connectivity index (χ4n) is 3.65. The largest absolute Gasteiger partial charge is 0.379 e. The first-order valence-corrected chi connectivity index (χ1v) is 9.25. The molecule has 0 bridgehead atoms. The third kappa shape index (κ3) is 3.03. The van der Waals surface area contributed by atoms with Crippen LogP contribution in [0.2, 0.25) is 0 Å². The minimum absolute atomic E-state index is 0.000295.